The highest BCUT2D eigenvalue weighted by Gasteiger charge is 2.60. The van der Waals surface area contributed by atoms with E-state index in [1.54, 1.807) is 20.0 Å². The van der Waals surface area contributed by atoms with E-state index in [1.807, 2.05) is 0 Å². The number of carbonyl (C=O) groups is 2. The van der Waals surface area contributed by atoms with Gasteiger partial charge in [0, 0.05) is 17.5 Å². The van der Waals surface area contributed by atoms with Crippen LogP contribution in [0.3, 0.4) is 0 Å². The summed E-state index contributed by atoms with van der Waals surface area (Å²) in [6.45, 7) is 3.14. The first-order valence-electron chi connectivity index (χ1n) is 9.02. The average molecular weight is 353 g/mol. The van der Waals surface area contributed by atoms with Crippen LogP contribution in [0.2, 0.25) is 0 Å². The van der Waals surface area contributed by atoms with Gasteiger partial charge in [-0.3, -0.25) is 9.48 Å². The number of carboxylic acid groups (broad SMARTS) is 1. The summed E-state index contributed by atoms with van der Waals surface area (Å²) in [6.07, 6.45) is 7.22. The summed E-state index contributed by atoms with van der Waals surface area (Å²) < 4.78 is 1.36. The Morgan fingerprint density at radius 3 is 2.88 bits per heavy atom. The Hall–Kier alpha value is -2.63. The molecule has 0 radical (unpaired) electrons. The zero-order valence-electron chi connectivity index (χ0n) is 15.0. The van der Waals surface area contributed by atoms with Crippen molar-refractivity contribution in [1.82, 2.24) is 9.78 Å². The van der Waals surface area contributed by atoms with Crippen molar-refractivity contribution in [3.63, 3.8) is 0 Å². The van der Waals surface area contributed by atoms with E-state index in [0.29, 0.717) is 5.69 Å². The molecule has 6 nitrogen and oxygen atoms in total. The number of carboxylic acids is 1. The summed E-state index contributed by atoms with van der Waals surface area (Å²) in [4.78, 5) is 24.1. The molecule has 1 aromatic carbocycles. The lowest BCUT2D eigenvalue weighted by Gasteiger charge is -2.26. The Bertz CT molecular complexity index is 886. The molecule has 6 heteroatoms. The van der Waals surface area contributed by atoms with E-state index in [-0.39, 0.29) is 17.2 Å². The SMILES string of the molecule is CC(C)(C(=O)O)n1cc(NC(=O)C2CC23CCCc2ccccc23)cn1. The molecule has 0 saturated heterocycles. The van der Waals surface area contributed by atoms with E-state index in [9.17, 15) is 14.7 Å². The van der Waals surface area contributed by atoms with Crippen LogP contribution in [0.15, 0.2) is 36.7 Å². The molecule has 1 fully saturated rings. The van der Waals surface area contributed by atoms with Crippen molar-refractivity contribution in [2.75, 3.05) is 5.32 Å². The lowest BCUT2D eigenvalue weighted by Crippen LogP contribution is -2.35. The third-order valence-electron chi connectivity index (χ3n) is 5.96. The van der Waals surface area contributed by atoms with Gasteiger partial charge in [0.2, 0.25) is 5.91 Å². The number of hydrogen-bond donors (Lipinski definition) is 2. The van der Waals surface area contributed by atoms with Crippen LogP contribution in [-0.4, -0.2) is 26.8 Å². The second-order valence-electron chi connectivity index (χ2n) is 7.95. The molecule has 2 aliphatic rings. The number of nitrogens with zero attached hydrogens (tertiary/aromatic N) is 2. The predicted octanol–water partition coefficient (Wildman–Crippen LogP) is 2.94. The van der Waals surface area contributed by atoms with Gasteiger partial charge in [-0.25, -0.2) is 4.79 Å². The molecular formula is C20H23N3O3. The zero-order chi connectivity index (χ0) is 18.5. The van der Waals surface area contributed by atoms with Crippen LogP contribution in [0.1, 0.15) is 44.2 Å². The fourth-order valence-electron chi connectivity index (χ4n) is 4.20. The maximum Gasteiger partial charge on any atom is 0.331 e. The third kappa shape index (κ3) is 2.52. The molecule has 26 heavy (non-hydrogen) atoms. The Balaban J connectivity index is 1.50. The first-order valence-corrected chi connectivity index (χ1v) is 9.02. The van der Waals surface area contributed by atoms with Gasteiger partial charge in [0.15, 0.2) is 5.54 Å². The van der Waals surface area contributed by atoms with Crippen LogP contribution < -0.4 is 5.32 Å². The molecule has 136 valence electrons. The molecule has 1 aromatic heterocycles. The highest BCUT2D eigenvalue weighted by molar-refractivity contribution is 5.96. The molecule has 0 bridgehead atoms. The van der Waals surface area contributed by atoms with Crippen LogP contribution in [-0.2, 0) is 27.0 Å². The van der Waals surface area contributed by atoms with E-state index in [1.165, 1.54) is 22.0 Å². The summed E-state index contributed by atoms with van der Waals surface area (Å²) in [5, 5.41) is 16.3. The summed E-state index contributed by atoms with van der Waals surface area (Å²) >= 11 is 0. The molecule has 0 aliphatic heterocycles. The quantitative estimate of drug-likeness (QED) is 0.885. The number of amides is 1. The smallest absolute Gasteiger partial charge is 0.331 e. The van der Waals surface area contributed by atoms with Crippen LogP contribution in [0.25, 0.3) is 0 Å². The van der Waals surface area contributed by atoms with Gasteiger partial charge in [-0.2, -0.15) is 5.10 Å². The largest absolute Gasteiger partial charge is 0.479 e. The fraction of sp³-hybridized carbons (Fsp3) is 0.450. The van der Waals surface area contributed by atoms with Crippen molar-refractivity contribution < 1.29 is 14.7 Å². The Labute approximate surface area is 152 Å². The van der Waals surface area contributed by atoms with Crippen molar-refractivity contribution in [1.29, 1.82) is 0 Å². The summed E-state index contributed by atoms with van der Waals surface area (Å²) in [5.41, 5.74) is 2.05. The monoisotopic (exact) mass is 353 g/mol. The maximum atomic E-state index is 12.8. The van der Waals surface area contributed by atoms with Gasteiger partial charge in [0.05, 0.1) is 11.9 Å². The van der Waals surface area contributed by atoms with Gasteiger partial charge < -0.3 is 10.4 Å². The number of aromatic nitrogens is 2. The molecule has 1 heterocycles. The van der Waals surface area contributed by atoms with Crippen LogP contribution in [0.5, 0.6) is 0 Å². The minimum Gasteiger partial charge on any atom is -0.479 e. The van der Waals surface area contributed by atoms with Crippen molar-refractivity contribution in [3.8, 4) is 0 Å². The van der Waals surface area contributed by atoms with Crippen molar-refractivity contribution >= 4 is 17.6 Å². The number of aryl methyl sites for hydroxylation is 1. The first kappa shape index (κ1) is 16.8. The van der Waals surface area contributed by atoms with Gasteiger partial charge in [0.1, 0.15) is 0 Å². The standard InChI is InChI=1S/C20H23N3O3/c1-19(2,18(25)26)23-12-14(11-21-23)22-17(24)16-10-20(16)9-5-7-13-6-3-4-8-15(13)20/h3-4,6,8,11-12,16H,5,7,9-10H2,1-2H3,(H,22,24)(H,25,26). The highest BCUT2D eigenvalue weighted by atomic mass is 16.4. The predicted molar refractivity (Wildman–Crippen MR) is 97.0 cm³/mol. The van der Waals surface area contributed by atoms with Gasteiger partial charge in [-0.1, -0.05) is 24.3 Å². The number of hydrogen-bond acceptors (Lipinski definition) is 3. The topological polar surface area (TPSA) is 84.2 Å². The third-order valence-corrected chi connectivity index (χ3v) is 5.96. The van der Waals surface area contributed by atoms with Crippen molar-refractivity contribution in [2.24, 2.45) is 5.92 Å². The fourth-order valence-corrected chi connectivity index (χ4v) is 4.20. The molecule has 1 spiro atoms. The molecule has 2 aromatic rings. The van der Waals surface area contributed by atoms with Gasteiger partial charge in [-0.15, -0.1) is 0 Å². The number of aliphatic carboxylic acids is 1. The van der Waals surface area contributed by atoms with Crippen LogP contribution >= 0.6 is 0 Å². The maximum absolute atomic E-state index is 12.8. The van der Waals surface area contributed by atoms with E-state index in [0.717, 1.165) is 25.7 Å². The minimum absolute atomic E-state index is 0.00520. The molecule has 2 aliphatic carbocycles. The second kappa shape index (κ2) is 5.69. The number of anilines is 1. The molecule has 2 atom stereocenters. The van der Waals surface area contributed by atoms with Crippen LogP contribution in [0.4, 0.5) is 5.69 Å². The molecule has 1 saturated carbocycles. The average Bonchev–Trinajstić information content (AvgIpc) is 3.12. The van der Waals surface area contributed by atoms with E-state index < -0.39 is 11.5 Å². The number of fused-ring (bicyclic) bond motifs is 2. The number of benzene rings is 1. The van der Waals surface area contributed by atoms with E-state index in [2.05, 4.69) is 34.7 Å². The van der Waals surface area contributed by atoms with E-state index in [4.69, 9.17) is 0 Å². The zero-order valence-corrected chi connectivity index (χ0v) is 15.0. The highest BCUT2D eigenvalue weighted by Crippen LogP contribution is 2.60. The molecule has 4 rings (SSSR count). The summed E-state index contributed by atoms with van der Waals surface area (Å²) in [6, 6.07) is 8.45. The number of carbonyl (C=O) groups excluding carboxylic acids is 1. The molecule has 1 amide bonds. The summed E-state index contributed by atoms with van der Waals surface area (Å²) in [7, 11) is 0. The van der Waals surface area contributed by atoms with Crippen LogP contribution in [0, 0.1) is 5.92 Å². The second-order valence-corrected chi connectivity index (χ2v) is 7.95. The van der Waals surface area contributed by atoms with Crippen molar-refractivity contribution in [3.05, 3.63) is 47.8 Å². The first-order chi connectivity index (χ1) is 12.3. The van der Waals surface area contributed by atoms with Gasteiger partial charge >= 0.3 is 5.97 Å². The summed E-state index contributed by atoms with van der Waals surface area (Å²) in [5.74, 6) is -1.01. The number of rotatable bonds is 4. The lowest BCUT2D eigenvalue weighted by atomic mass is 9.78. The Morgan fingerprint density at radius 1 is 1.35 bits per heavy atom. The molecular weight excluding hydrogens is 330 g/mol. The minimum atomic E-state index is -1.16. The Kier molecular flexibility index (Phi) is 3.68. The number of nitrogens with one attached hydrogen (secondary N) is 1. The van der Waals surface area contributed by atoms with E-state index >= 15 is 0 Å². The van der Waals surface area contributed by atoms with Gasteiger partial charge in [-0.05, 0) is 50.7 Å². The lowest BCUT2D eigenvalue weighted by molar-refractivity contribution is -0.146. The van der Waals surface area contributed by atoms with Crippen molar-refractivity contribution in [2.45, 2.75) is 50.5 Å². The molecule has 2 unspecified atom stereocenters. The molecule has 2 N–H and O–H groups in total. The van der Waals surface area contributed by atoms with Gasteiger partial charge in [0.25, 0.3) is 0 Å². The Morgan fingerprint density at radius 2 is 2.12 bits per heavy atom. The normalized spacial score (nSPS) is 24.2.